The number of carbonyl (C=O) groups is 1. The maximum Gasteiger partial charge on any atom is 0.200 e. The van der Waals surface area contributed by atoms with Crippen molar-refractivity contribution in [2.75, 3.05) is 13.7 Å². The van der Waals surface area contributed by atoms with E-state index in [1.54, 1.807) is 30.3 Å². The van der Waals surface area contributed by atoms with Crippen LogP contribution in [0.1, 0.15) is 29.3 Å². The first kappa shape index (κ1) is 15.4. The number of para-hydroxylation sites is 1. The predicted molar refractivity (Wildman–Crippen MR) is 83.7 cm³/mol. The lowest BCUT2D eigenvalue weighted by Gasteiger charge is -2.12. The number of halogens is 1. The van der Waals surface area contributed by atoms with Crippen molar-refractivity contribution in [2.24, 2.45) is 0 Å². The van der Waals surface area contributed by atoms with Gasteiger partial charge in [-0.2, -0.15) is 0 Å². The van der Waals surface area contributed by atoms with Crippen LogP contribution in [0.4, 0.5) is 0 Å². The molecule has 4 heteroatoms. The van der Waals surface area contributed by atoms with Crippen molar-refractivity contribution in [3.05, 3.63) is 58.6 Å². The van der Waals surface area contributed by atoms with Crippen LogP contribution in [0.3, 0.4) is 0 Å². The molecule has 0 saturated heterocycles. The molecule has 0 saturated carbocycles. The molecule has 0 unspecified atom stereocenters. The van der Waals surface area contributed by atoms with Crippen LogP contribution in [-0.2, 0) is 0 Å². The number of benzene rings is 2. The fourth-order valence-electron chi connectivity index (χ4n) is 1.99. The van der Waals surface area contributed by atoms with Crippen molar-refractivity contribution in [1.29, 1.82) is 0 Å². The summed E-state index contributed by atoms with van der Waals surface area (Å²) in [5.74, 6) is 0.905. The number of hydrogen-bond acceptors (Lipinski definition) is 3. The van der Waals surface area contributed by atoms with Crippen LogP contribution in [-0.4, -0.2) is 19.5 Å². The Morgan fingerprint density at radius 3 is 2.57 bits per heavy atom. The quantitative estimate of drug-likeness (QED) is 0.743. The minimum atomic E-state index is -0.166. The fraction of sp³-hybridized carbons (Fsp3) is 0.235. The molecule has 0 amide bonds. The second-order valence-corrected chi connectivity index (χ2v) is 4.95. The molecule has 110 valence electrons. The van der Waals surface area contributed by atoms with Gasteiger partial charge in [0.15, 0.2) is 0 Å². The normalized spacial score (nSPS) is 10.2. The van der Waals surface area contributed by atoms with Crippen molar-refractivity contribution in [3.63, 3.8) is 0 Å². The minimum Gasteiger partial charge on any atom is -0.496 e. The summed E-state index contributed by atoms with van der Waals surface area (Å²) in [4.78, 5) is 12.7. The zero-order valence-corrected chi connectivity index (χ0v) is 12.8. The fourth-order valence-corrected chi connectivity index (χ4v) is 2.17. The minimum absolute atomic E-state index is 0.166. The number of ketones is 1. The Morgan fingerprint density at radius 1 is 1.10 bits per heavy atom. The number of methoxy groups -OCH3 is 1. The van der Waals surface area contributed by atoms with Gasteiger partial charge in [-0.3, -0.25) is 4.79 Å². The summed E-state index contributed by atoms with van der Waals surface area (Å²) >= 11 is 5.99. The van der Waals surface area contributed by atoms with Gasteiger partial charge in [0.1, 0.15) is 11.5 Å². The van der Waals surface area contributed by atoms with Crippen molar-refractivity contribution < 1.29 is 14.3 Å². The molecule has 2 aromatic rings. The lowest BCUT2D eigenvalue weighted by molar-refractivity contribution is 0.103. The monoisotopic (exact) mass is 304 g/mol. The largest absolute Gasteiger partial charge is 0.496 e. The van der Waals surface area contributed by atoms with E-state index in [4.69, 9.17) is 21.1 Å². The SMILES string of the molecule is CCCOc1ccccc1C(=O)c1cc(Cl)ccc1OC. The molecule has 0 aliphatic rings. The standard InChI is InChI=1S/C17H17ClO3/c1-3-10-21-16-7-5-4-6-13(16)17(19)14-11-12(18)8-9-15(14)20-2/h4-9,11H,3,10H2,1-2H3. The third-order valence-corrected chi connectivity index (χ3v) is 3.23. The highest BCUT2D eigenvalue weighted by Gasteiger charge is 2.18. The van der Waals surface area contributed by atoms with Crippen molar-refractivity contribution in [3.8, 4) is 11.5 Å². The first-order valence-corrected chi connectivity index (χ1v) is 7.15. The number of carbonyl (C=O) groups excluding carboxylic acids is 1. The maximum atomic E-state index is 12.7. The van der Waals surface area contributed by atoms with E-state index in [9.17, 15) is 4.79 Å². The molecule has 0 fully saturated rings. The average molecular weight is 305 g/mol. The number of hydrogen-bond donors (Lipinski definition) is 0. The average Bonchev–Trinajstić information content (AvgIpc) is 2.52. The van der Waals surface area contributed by atoms with Crippen LogP contribution >= 0.6 is 11.6 Å². The summed E-state index contributed by atoms with van der Waals surface area (Å²) < 4.78 is 10.9. The van der Waals surface area contributed by atoms with Crippen LogP contribution in [0.25, 0.3) is 0 Å². The summed E-state index contributed by atoms with van der Waals surface area (Å²) in [5.41, 5.74) is 0.934. The Morgan fingerprint density at radius 2 is 1.86 bits per heavy atom. The number of ether oxygens (including phenoxy) is 2. The van der Waals surface area contributed by atoms with Gasteiger partial charge in [0.25, 0.3) is 0 Å². The highest BCUT2D eigenvalue weighted by Crippen LogP contribution is 2.28. The first-order valence-electron chi connectivity index (χ1n) is 6.77. The van der Waals surface area contributed by atoms with Gasteiger partial charge >= 0.3 is 0 Å². The summed E-state index contributed by atoms with van der Waals surface area (Å²) in [6, 6.07) is 12.2. The topological polar surface area (TPSA) is 35.5 Å². The van der Waals surface area contributed by atoms with Gasteiger partial charge in [0.2, 0.25) is 5.78 Å². The molecule has 2 aromatic carbocycles. The zero-order valence-electron chi connectivity index (χ0n) is 12.1. The Labute approximate surface area is 129 Å². The molecule has 0 aliphatic carbocycles. The van der Waals surface area contributed by atoms with Gasteiger partial charge in [-0.25, -0.2) is 0 Å². The summed E-state index contributed by atoms with van der Waals surface area (Å²) in [7, 11) is 1.53. The van der Waals surface area contributed by atoms with Crippen LogP contribution in [0.5, 0.6) is 11.5 Å². The van der Waals surface area contributed by atoms with Crippen LogP contribution in [0.2, 0.25) is 5.02 Å². The Bertz CT molecular complexity index is 638. The van der Waals surface area contributed by atoms with Crippen molar-refractivity contribution in [2.45, 2.75) is 13.3 Å². The van der Waals surface area contributed by atoms with E-state index < -0.39 is 0 Å². The zero-order chi connectivity index (χ0) is 15.2. The van der Waals surface area contributed by atoms with Gasteiger partial charge in [-0.1, -0.05) is 30.7 Å². The van der Waals surface area contributed by atoms with E-state index in [1.807, 2.05) is 19.1 Å². The van der Waals surface area contributed by atoms with E-state index in [-0.39, 0.29) is 5.78 Å². The van der Waals surface area contributed by atoms with Crippen LogP contribution in [0, 0.1) is 0 Å². The lowest BCUT2D eigenvalue weighted by Crippen LogP contribution is -2.07. The second-order valence-electron chi connectivity index (χ2n) is 4.52. The van der Waals surface area contributed by atoms with Gasteiger partial charge in [-0.05, 0) is 36.8 Å². The molecule has 0 aliphatic heterocycles. The summed E-state index contributed by atoms with van der Waals surface area (Å²) in [6.45, 7) is 2.58. The molecule has 0 spiro atoms. The molecule has 0 N–H and O–H groups in total. The van der Waals surface area contributed by atoms with Gasteiger partial charge in [0.05, 0.1) is 24.8 Å². The molecule has 0 bridgehead atoms. The van der Waals surface area contributed by atoms with Crippen LogP contribution < -0.4 is 9.47 Å². The molecular weight excluding hydrogens is 288 g/mol. The molecule has 2 rings (SSSR count). The van der Waals surface area contributed by atoms with Crippen molar-refractivity contribution >= 4 is 17.4 Å². The first-order chi connectivity index (χ1) is 10.2. The van der Waals surface area contributed by atoms with Crippen molar-refractivity contribution in [1.82, 2.24) is 0 Å². The predicted octanol–water partition coefficient (Wildman–Crippen LogP) is 4.37. The van der Waals surface area contributed by atoms with E-state index in [2.05, 4.69) is 0 Å². The molecule has 0 aromatic heterocycles. The third-order valence-electron chi connectivity index (χ3n) is 3.00. The van der Waals surface area contributed by atoms with E-state index in [0.29, 0.717) is 34.3 Å². The Hall–Kier alpha value is -2.00. The molecule has 0 radical (unpaired) electrons. The van der Waals surface area contributed by atoms with E-state index >= 15 is 0 Å². The lowest BCUT2D eigenvalue weighted by atomic mass is 10.0. The Balaban J connectivity index is 2.43. The van der Waals surface area contributed by atoms with Gasteiger partial charge < -0.3 is 9.47 Å². The molecule has 3 nitrogen and oxygen atoms in total. The molecule has 21 heavy (non-hydrogen) atoms. The molecule has 0 atom stereocenters. The highest BCUT2D eigenvalue weighted by molar-refractivity contribution is 6.31. The second kappa shape index (κ2) is 7.14. The van der Waals surface area contributed by atoms with E-state index in [0.717, 1.165) is 6.42 Å². The molecular formula is C17H17ClO3. The molecule has 0 heterocycles. The van der Waals surface area contributed by atoms with Gasteiger partial charge in [-0.15, -0.1) is 0 Å². The number of rotatable bonds is 6. The highest BCUT2D eigenvalue weighted by atomic mass is 35.5. The Kier molecular flexibility index (Phi) is 5.23. The third kappa shape index (κ3) is 3.56. The maximum absolute atomic E-state index is 12.7. The summed E-state index contributed by atoms with van der Waals surface area (Å²) in [6.07, 6.45) is 0.878. The van der Waals surface area contributed by atoms with Gasteiger partial charge in [0, 0.05) is 5.02 Å². The van der Waals surface area contributed by atoms with E-state index in [1.165, 1.54) is 7.11 Å². The summed E-state index contributed by atoms with van der Waals surface area (Å²) in [5, 5.41) is 0.492. The smallest absolute Gasteiger partial charge is 0.200 e. The van der Waals surface area contributed by atoms with Crippen LogP contribution in [0.15, 0.2) is 42.5 Å².